The van der Waals surface area contributed by atoms with E-state index in [1.165, 1.54) is 168 Å². The maximum atomic E-state index is 5.54. The number of benzene rings is 2. The molecule has 58 heavy (non-hydrogen) atoms. The van der Waals surface area contributed by atoms with Crippen molar-refractivity contribution in [3.63, 3.8) is 0 Å². The second-order valence-corrected chi connectivity index (χ2v) is 19.0. The zero-order valence-electron chi connectivity index (χ0n) is 35.2. The highest BCUT2D eigenvalue weighted by atomic mass is 16.5. The summed E-state index contributed by atoms with van der Waals surface area (Å²) in [6.07, 6.45) is 15.9. The molecule has 5 aliphatic heterocycles. The third-order valence-corrected chi connectivity index (χ3v) is 15.6. The van der Waals surface area contributed by atoms with E-state index in [2.05, 4.69) is 74.9 Å². The van der Waals surface area contributed by atoms with Crippen LogP contribution >= 0.6 is 0 Å². The van der Waals surface area contributed by atoms with Gasteiger partial charge in [0, 0.05) is 154 Å². The first-order valence-electron chi connectivity index (χ1n) is 23.7. The summed E-state index contributed by atoms with van der Waals surface area (Å²) in [7, 11) is 0. The van der Waals surface area contributed by atoms with E-state index < -0.39 is 0 Å². The normalized spacial score (nSPS) is 25.1. The van der Waals surface area contributed by atoms with Gasteiger partial charge in [-0.1, -0.05) is 12.8 Å². The molecule has 12 rings (SSSR count). The fourth-order valence-corrected chi connectivity index (χ4v) is 11.3. The van der Waals surface area contributed by atoms with Gasteiger partial charge in [-0.25, -0.2) is 9.97 Å². The van der Waals surface area contributed by atoms with Gasteiger partial charge in [0.15, 0.2) is 0 Å². The van der Waals surface area contributed by atoms with Gasteiger partial charge in [0.1, 0.15) is 11.6 Å². The number of piperazine rings is 2. The molecule has 0 unspecified atom stereocenters. The number of hydrogen-bond donors (Lipinski definition) is 0. The van der Waals surface area contributed by atoms with E-state index in [1.807, 2.05) is 0 Å². The van der Waals surface area contributed by atoms with Gasteiger partial charge in [-0.15, -0.1) is 0 Å². The van der Waals surface area contributed by atoms with Gasteiger partial charge in [0.05, 0.1) is 22.1 Å². The van der Waals surface area contributed by atoms with Gasteiger partial charge in [-0.3, -0.25) is 19.6 Å². The van der Waals surface area contributed by atoms with Gasteiger partial charge in [-0.2, -0.15) is 0 Å². The molecule has 0 N–H and O–H groups in total. The van der Waals surface area contributed by atoms with E-state index in [4.69, 9.17) is 14.7 Å². The van der Waals surface area contributed by atoms with Crippen molar-refractivity contribution in [2.24, 2.45) is 5.92 Å². The molecular weight excluding hydrogens is 721 g/mol. The Morgan fingerprint density at radius 3 is 1.43 bits per heavy atom. The Kier molecular flexibility index (Phi) is 10.9. The number of nitrogens with zero attached hydrogens (tertiary/aromatic N) is 10. The summed E-state index contributed by atoms with van der Waals surface area (Å²) in [5.74, 6) is 3.58. The SMILES string of the molecule is c1cc2c(cc1N1CCN(C3CCOCC3)CC1)nc1n2CCN(C2CCC2)CC1.c1cc2c(cc1N1CCN(CC3CC3)CC1)nc1n2CCN(C2CCC2)CC1. The summed E-state index contributed by atoms with van der Waals surface area (Å²) in [5.41, 5.74) is 7.75. The molecule has 11 heteroatoms. The van der Waals surface area contributed by atoms with Crippen LogP contribution in [0.2, 0.25) is 0 Å². The van der Waals surface area contributed by atoms with Gasteiger partial charge in [-0.05, 0) is 93.7 Å². The molecular formula is C47H68N10O. The topological polar surface area (TPSA) is 64.3 Å². The summed E-state index contributed by atoms with van der Waals surface area (Å²) in [4.78, 5) is 26.0. The minimum Gasteiger partial charge on any atom is -0.381 e. The summed E-state index contributed by atoms with van der Waals surface area (Å²) in [5, 5.41) is 0. The molecule has 0 radical (unpaired) electrons. The molecule has 0 atom stereocenters. The van der Waals surface area contributed by atoms with E-state index in [0.717, 1.165) is 89.4 Å². The summed E-state index contributed by atoms with van der Waals surface area (Å²) in [6.45, 7) is 19.4. The van der Waals surface area contributed by atoms with Crippen LogP contribution in [0.5, 0.6) is 0 Å². The van der Waals surface area contributed by atoms with E-state index in [-0.39, 0.29) is 0 Å². The number of aromatic nitrogens is 4. The van der Waals surface area contributed by atoms with Crippen molar-refractivity contribution in [2.75, 3.05) is 108 Å². The molecule has 0 bridgehead atoms. The summed E-state index contributed by atoms with van der Waals surface area (Å²) < 4.78 is 10.5. The number of hydrogen-bond acceptors (Lipinski definition) is 9. The molecule has 2 aromatic heterocycles. The van der Waals surface area contributed by atoms with Crippen LogP contribution in [0.1, 0.15) is 75.9 Å². The van der Waals surface area contributed by atoms with Crippen molar-refractivity contribution in [3.05, 3.63) is 48.0 Å². The van der Waals surface area contributed by atoms with E-state index in [0.29, 0.717) is 0 Å². The van der Waals surface area contributed by atoms with E-state index in [9.17, 15) is 0 Å². The molecule has 11 nitrogen and oxygen atoms in total. The highest BCUT2D eigenvalue weighted by molar-refractivity contribution is 5.81. The van der Waals surface area contributed by atoms with Crippen LogP contribution in [0.15, 0.2) is 36.4 Å². The molecule has 7 heterocycles. The Hall–Kier alpha value is -3.22. The zero-order valence-corrected chi connectivity index (χ0v) is 35.2. The van der Waals surface area contributed by atoms with Gasteiger partial charge >= 0.3 is 0 Å². The van der Waals surface area contributed by atoms with E-state index >= 15 is 0 Å². The minimum atomic E-state index is 0.728. The van der Waals surface area contributed by atoms with Crippen molar-refractivity contribution < 1.29 is 4.74 Å². The first-order chi connectivity index (χ1) is 28.7. The molecule has 0 amide bonds. The van der Waals surface area contributed by atoms with Crippen molar-refractivity contribution in [1.82, 2.24) is 38.7 Å². The van der Waals surface area contributed by atoms with Crippen LogP contribution in [-0.4, -0.2) is 155 Å². The Bertz CT molecular complexity index is 2010. The second kappa shape index (κ2) is 16.7. The quantitative estimate of drug-likeness (QED) is 0.234. The average Bonchev–Trinajstić information content (AvgIpc) is 3.97. The molecule has 2 aromatic carbocycles. The van der Waals surface area contributed by atoms with Crippen molar-refractivity contribution in [3.8, 4) is 0 Å². The van der Waals surface area contributed by atoms with Crippen molar-refractivity contribution in [1.29, 1.82) is 0 Å². The predicted octanol–water partition coefficient (Wildman–Crippen LogP) is 5.73. The lowest BCUT2D eigenvalue weighted by molar-refractivity contribution is 0.0321. The molecule has 4 aromatic rings. The Morgan fingerprint density at radius 1 is 0.483 bits per heavy atom. The standard InChI is InChI=1S/C24H35N5O.C23H33N5/c1-2-19(3-1)26-9-6-24-25-22-18-21(4-5-23(22)29(24)15-14-26)28-12-10-27(11-13-28)20-7-16-30-17-8-20;1-2-19(3-1)26-9-8-23-24-21-16-20(6-7-22(21)28(23)15-14-26)27-12-10-25(11-13-27)17-18-4-5-18/h4-5,18-20H,1-3,6-17H2;6-7,16,18-19H,1-5,8-15,17H2. The van der Waals surface area contributed by atoms with E-state index in [1.54, 1.807) is 0 Å². The Labute approximate surface area is 346 Å². The van der Waals surface area contributed by atoms with Crippen LogP contribution in [0.4, 0.5) is 11.4 Å². The third-order valence-electron chi connectivity index (χ3n) is 15.6. The predicted molar refractivity (Wildman–Crippen MR) is 234 cm³/mol. The average molecular weight is 789 g/mol. The Morgan fingerprint density at radius 2 is 0.948 bits per heavy atom. The lowest BCUT2D eigenvalue weighted by atomic mass is 9.91. The Balaban J connectivity index is 0.000000133. The van der Waals surface area contributed by atoms with Crippen molar-refractivity contribution >= 4 is 33.4 Å². The molecule has 3 saturated heterocycles. The molecule has 3 saturated carbocycles. The van der Waals surface area contributed by atoms with Crippen LogP contribution in [0.3, 0.4) is 0 Å². The second-order valence-electron chi connectivity index (χ2n) is 19.0. The third kappa shape index (κ3) is 7.91. The highest BCUT2D eigenvalue weighted by Gasteiger charge is 2.31. The highest BCUT2D eigenvalue weighted by Crippen LogP contribution is 2.33. The fourth-order valence-electron chi connectivity index (χ4n) is 11.3. The molecule has 6 fully saturated rings. The molecule has 312 valence electrons. The zero-order chi connectivity index (χ0) is 38.4. The van der Waals surface area contributed by atoms with Crippen LogP contribution in [-0.2, 0) is 30.7 Å². The molecule has 3 aliphatic carbocycles. The lowest BCUT2D eigenvalue weighted by Crippen LogP contribution is -2.51. The summed E-state index contributed by atoms with van der Waals surface area (Å²) in [6, 6.07) is 16.4. The first-order valence-corrected chi connectivity index (χ1v) is 23.7. The number of imidazole rings is 2. The number of anilines is 2. The van der Waals surface area contributed by atoms with Gasteiger partial charge in [0.2, 0.25) is 0 Å². The largest absolute Gasteiger partial charge is 0.381 e. The number of rotatable bonds is 7. The van der Waals surface area contributed by atoms with Crippen LogP contribution in [0, 0.1) is 5.92 Å². The van der Waals surface area contributed by atoms with Gasteiger partial charge in [0.25, 0.3) is 0 Å². The van der Waals surface area contributed by atoms with Crippen molar-refractivity contribution in [2.45, 2.75) is 108 Å². The summed E-state index contributed by atoms with van der Waals surface area (Å²) >= 11 is 0. The van der Waals surface area contributed by atoms with Crippen LogP contribution in [0.25, 0.3) is 22.1 Å². The number of ether oxygens (including phenoxy) is 1. The lowest BCUT2D eigenvalue weighted by Gasteiger charge is -2.41. The number of fused-ring (bicyclic) bond motifs is 6. The monoisotopic (exact) mass is 789 g/mol. The van der Waals surface area contributed by atoms with Gasteiger partial charge < -0.3 is 23.7 Å². The smallest absolute Gasteiger partial charge is 0.111 e. The maximum Gasteiger partial charge on any atom is 0.111 e. The maximum absolute atomic E-state index is 5.54. The molecule has 8 aliphatic rings. The fraction of sp³-hybridized carbons (Fsp3) is 0.702. The van der Waals surface area contributed by atoms with Crippen LogP contribution < -0.4 is 9.80 Å². The first kappa shape index (κ1) is 37.8. The minimum absolute atomic E-state index is 0.728. The molecule has 0 spiro atoms.